The van der Waals surface area contributed by atoms with Gasteiger partial charge in [0.2, 0.25) is 0 Å². The van der Waals surface area contributed by atoms with Crippen LogP contribution in [0.15, 0.2) is 0 Å². The first-order valence-electron chi connectivity index (χ1n) is 3.89. The highest BCUT2D eigenvalue weighted by Crippen LogP contribution is 2.28. The largest absolute Gasteiger partial charge is 0.251 e. The van der Waals surface area contributed by atoms with E-state index in [4.69, 9.17) is 0 Å². The lowest BCUT2D eigenvalue weighted by Crippen LogP contribution is -2.13. The number of alkyl halides is 1. The van der Waals surface area contributed by atoms with Crippen LogP contribution in [0.5, 0.6) is 0 Å². The lowest BCUT2D eigenvalue weighted by molar-refractivity contribution is 0.241. The van der Waals surface area contributed by atoms with Crippen molar-refractivity contribution in [3.8, 4) is 0 Å². The molecule has 1 heteroatoms. The SMILES string of the molecule is C[C@H]1CC[C@H](CF)CC1. The molecular weight excluding hydrogens is 115 g/mol. The molecule has 1 rings (SSSR count). The van der Waals surface area contributed by atoms with E-state index in [1.54, 1.807) is 0 Å². The first-order chi connectivity index (χ1) is 4.33. The minimum Gasteiger partial charge on any atom is -0.251 e. The molecule has 0 heterocycles. The minimum atomic E-state index is -0.0906. The van der Waals surface area contributed by atoms with Crippen molar-refractivity contribution in [1.82, 2.24) is 0 Å². The molecule has 1 aliphatic rings. The van der Waals surface area contributed by atoms with E-state index in [-0.39, 0.29) is 6.67 Å². The summed E-state index contributed by atoms with van der Waals surface area (Å²) in [6, 6.07) is 0. The van der Waals surface area contributed by atoms with Gasteiger partial charge in [0, 0.05) is 0 Å². The monoisotopic (exact) mass is 130 g/mol. The van der Waals surface area contributed by atoms with E-state index in [1.807, 2.05) is 0 Å². The highest BCUT2D eigenvalue weighted by atomic mass is 19.1. The summed E-state index contributed by atoms with van der Waals surface area (Å²) in [5, 5.41) is 0. The van der Waals surface area contributed by atoms with Crippen molar-refractivity contribution in [1.29, 1.82) is 0 Å². The molecule has 0 N–H and O–H groups in total. The smallest absolute Gasteiger partial charge is 0.0922 e. The average molecular weight is 130 g/mol. The molecule has 0 aromatic carbocycles. The third kappa shape index (κ3) is 1.96. The quantitative estimate of drug-likeness (QED) is 0.512. The van der Waals surface area contributed by atoms with Crippen LogP contribution >= 0.6 is 0 Å². The molecule has 1 fully saturated rings. The zero-order valence-corrected chi connectivity index (χ0v) is 6.07. The molecule has 0 amide bonds. The highest BCUT2D eigenvalue weighted by Gasteiger charge is 2.17. The first-order valence-corrected chi connectivity index (χ1v) is 3.89. The van der Waals surface area contributed by atoms with Crippen molar-refractivity contribution < 1.29 is 4.39 Å². The second-order valence-electron chi connectivity index (χ2n) is 3.28. The molecule has 9 heavy (non-hydrogen) atoms. The Hall–Kier alpha value is -0.0700. The average Bonchev–Trinajstić information content (AvgIpc) is 1.90. The Balaban J connectivity index is 2.18. The van der Waals surface area contributed by atoms with Gasteiger partial charge in [-0.2, -0.15) is 0 Å². The number of hydrogen-bond acceptors (Lipinski definition) is 0. The number of halogens is 1. The molecule has 0 nitrogen and oxygen atoms in total. The predicted octanol–water partition coefficient (Wildman–Crippen LogP) is 2.78. The second kappa shape index (κ2) is 3.19. The summed E-state index contributed by atoms with van der Waals surface area (Å²) < 4.78 is 12.0. The third-order valence-corrected chi connectivity index (χ3v) is 2.35. The van der Waals surface area contributed by atoms with Crippen molar-refractivity contribution in [2.24, 2.45) is 11.8 Å². The molecular formula is C8H15F. The summed E-state index contributed by atoms with van der Waals surface area (Å²) in [7, 11) is 0. The van der Waals surface area contributed by atoms with Gasteiger partial charge in [-0.3, -0.25) is 4.39 Å². The molecule has 0 atom stereocenters. The van der Waals surface area contributed by atoms with Crippen LogP contribution in [0, 0.1) is 11.8 Å². The van der Waals surface area contributed by atoms with Crippen LogP contribution in [0.1, 0.15) is 32.6 Å². The van der Waals surface area contributed by atoms with Gasteiger partial charge in [0.15, 0.2) is 0 Å². The van der Waals surface area contributed by atoms with E-state index >= 15 is 0 Å². The Kier molecular flexibility index (Phi) is 2.49. The van der Waals surface area contributed by atoms with E-state index in [0.717, 1.165) is 18.8 Å². The molecule has 54 valence electrons. The fourth-order valence-corrected chi connectivity index (χ4v) is 1.48. The van der Waals surface area contributed by atoms with Crippen molar-refractivity contribution >= 4 is 0 Å². The Morgan fingerprint density at radius 2 is 1.78 bits per heavy atom. The molecule has 0 bridgehead atoms. The number of hydrogen-bond donors (Lipinski definition) is 0. The van der Waals surface area contributed by atoms with Crippen LogP contribution in [-0.2, 0) is 0 Å². The lowest BCUT2D eigenvalue weighted by Gasteiger charge is -2.23. The normalized spacial score (nSPS) is 36.7. The topological polar surface area (TPSA) is 0 Å². The Labute approximate surface area is 56.5 Å². The molecule has 0 aliphatic heterocycles. The molecule has 0 unspecified atom stereocenters. The van der Waals surface area contributed by atoms with Gasteiger partial charge in [0.05, 0.1) is 6.67 Å². The molecule has 1 aliphatic carbocycles. The van der Waals surface area contributed by atoms with Crippen molar-refractivity contribution in [3.63, 3.8) is 0 Å². The fourth-order valence-electron chi connectivity index (χ4n) is 1.48. The van der Waals surface area contributed by atoms with Crippen LogP contribution < -0.4 is 0 Å². The third-order valence-electron chi connectivity index (χ3n) is 2.35. The Bertz CT molecular complexity index is 72.6. The summed E-state index contributed by atoms with van der Waals surface area (Å²) in [6.07, 6.45) is 4.73. The summed E-state index contributed by atoms with van der Waals surface area (Å²) in [6.45, 7) is 2.17. The number of rotatable bonds is 1. The van der Waals surface area contributed by atoms with E-state index in [1.165, 1.54) is 12.8 Å². The lowest BCUT2D eigenvalue weighted by atomic mass is 9.84. The molecule has 0 aromatic rings. The van der Waals surface area contributed by atoms with Gasteiger partial charge in [0.25, 0.3) is 0 Å². The van der Waals surface area contributed by atoms with Crippen LogP contribution in [0.4, 0.5) is 4.39 Å². The fraction of sp³-hybridized carbons (Fsp3) is 1.00. The van der Waals surface area contributed by atoms with Gasteiger partial charge >= 0.3 is 0 Å². The van der Waals surface area contributed by atoms with Crippen molar-refractivity contribution in [2.45, 2.75) is 32.6 Å². The molecule has 0 radical (unpaired) electrons. The zero-order chi connectivity index (χ0) is 6.69. The molecule has 0 saturated heterocycles. The van der Waals surface area contributed by atoms with Gasteiger partial charge in [-0.05, 0) is 24.7 Å². The first kappa shape index (κ1) is 7.04. The van der Waals surface area contributed by atoms with Crippen molar-refractivity contribution in [2.75, 3.05) is 6.67 Å². The summed E-state index contributed by atoms with van der Waals surface area (Å²) in [4.78, 5) is 0. The zero-order valence-electron chi connectivity index (χ0n) is 6.07. The standard InChI is InChI=1S/C8H15F/c1-7-2-4-8(6-9)5-3-7/h7-8H,2-6H2,1H3/t7-,8-. The maximum Gasteiger partial charge on any atom is 0.0922 e. The van der Waals surface area contributed by atoms with E-state index in [2.05, 4.69) is 6.92 Å². The van der Waals surface area contributed by atoms with Gasteiger partial charge in [-0.15, -0.1) is 0 Å². The molecule has 0 aromatic heterocycles. The highest BCUT2D eigenvalue weighted by molar-refractivity contribution is 4.68. The Morgan fingerprint density at radius 3 is 2.22 bits per heavy atom. The second-order valence-corrected chi connectivity index (χ2v) is 3.28. The minimum absolute atomic E-state index is 0.0906. The van der Waals surface area contributed by atoms with Gasteiger partial charge in [-0.25, -0.2) is 0 Å². The van der Waals surface area contributed by atoms with E-state index < -0.39 is 0 Å². The van der Waals surface area contributed by atoms with E-state index in [9.17, 15) is 4.39 Å². The van der Waals surface area contributed by atoms with Crippen LogP contribution in [-0.4, -0.2) is 6.67 Å². The summed E-state index contributed by atoms with van der Waals surface area (Å²) in [5.41, 5.74) is 0. The van der Waals surface area contributed by atoms with Crippen LogP contribution in [0.3, 0.4) is 0 Å². The van der Waals surface area contributed by atoms with Crippen LogP contribution in [0.2, 0.25) is 0 Å². The molecule has 0 spiro atoms. The predicted molar refractivity (Wildman–Crippen MR) is 37.1 cm³/mol. The van der Waals surface area contributed by atoms with Gasteiger partial charge in [0.1, 0.15) is 0 Å². The maximum absolute atomic E-state index is 12.0. The van der Waals surface area contributed by atoms with Crippen molar-refractivity contribution in [3.05, 3.63) is 0 Å². The molecule has 1 saturated carbocycles. The summed E-state index contributed by atoms with van der Waals surface area (Å²) >= 11 is 0. The van der Waals surface area contributed by atoms with Gasteiger partial charge in [-0.1, -0.05) is 19.8 Å². The van der Waals surface area contributed by atoms with Gasteiger partial charge < -0.3 is 0 Å². The maximum atomic E-state index is 12.0. The van der Waals surface area contributed by atoms with Crippen LogP contribution in [0.25, 0.3) is 0 Å². The van der Waals surface area contributed by atoms with E-state index in [0.29, 0.717) is 5.92 Å². The Morgan fingerprint density at radius 1 is 1.22 bits per heavy atom. The summed E-state index contributed by atoms with van der Waals surface area (Å²) in [5.74, 6) is 1.26.